The van der Waals surface area contributed by atoms with Crippen LogP contribution in [0.2, 0.25) is 0 Å². The van der Waals surface area contributed by atoms with Crippen LogP contribution in [-0.4, -0.2) is 25.8 Å². The Balaban J connectivity index is 4.01. The zero-order chi connectivity index (χ0) is 11.0. The van der Waals surface area contributed by atoms with E-state index in [4.69, 9.17) is 9.05 Å². The quantitative estimate of drug-likeness (QED) is 0.286. The average Bonchev–Trinajstić information content (AvgIpc) is 2.17. The monoisotopic (exact) mass is 220 g/mol. The molecule has 0 saturated carbocycles. The molecule has 0 aliphatic heterocycles. The van der Waals surface area contributed by atoms with E-state index in [1.165, 1.54) is 7.11 Å². The number of carbonyl (C=O) groups is 1. The van der Waals surface area contributed by atoms with E-state index < -0.39 is 14.3 Å². The van der Waals surface area contributed by atoms with Crippen molar-refractivity contribution in [3.05, 3.63) is 12.3 Å². The number of ether oxygens (including phenoxy) is 1. The first-order chi connectivity index (χ1) is 6.65. The Morgan fingerprint density at radius 3 is 2.50 bits per heavy atom. The molecule has 0 heterocycles. The second-order valence-electron chi connectivity index (χ2n) is 2.48. The zero-order valence-corrected chi connectivity index (χ0v) is 9.80. The summed E-state index contributed by atoms with van der Waals surface area (Å²) >= 11 is 0. The van der Waals surface area contributed by atoms with E-state index in [0.29, 0.717) is 6.61 Å². The van der Waals surface area contributed by atoms with E-state index in [2.05, 4.69) is 11.3 Å². The fraction of sp³-hybridized carbons (Fsp3) is 0.667. The maximum absolute atomic E-state index is 11.0. The van der Waals surface area contributed by atoms with Gasteiger partial charge >= 0.3 is 5.97 Å². The second kappa shape index (κ2) is 7.77. The third-order valence-corrected chi connectivity index (χ3v) is 3.09. The maximum atomic E-state index is 11.0. The van der Waals surface area contributed by atoms with Crippen LogP contribution in [0.1, 0.15) is 20.3 Å². The van der Waals surface area contributed by atoms with Gasteiger partial charge in [0.2, 0.25) is 14.1 Å². The fourth-order valence-electron chi connectivity index (χ4n) is 0.737. The van der Waals surface area contributed by atoms with Crippen molar-refractivity contribution < 1.29 is 18.6 Å². The summed E-state index contributed by atoms with van der Waals surface area (Å²) in [4.78, 5) is 11.0. The van der Waals surface area contributed by atoms with E-state index in [1.54, 1.807) is 0 Å². The highest BCUT2D eigenvalue weighted by atomic mass is 31.2. The van der Waals surface area contributed by atoms with Crippen LogP contribution in [0.25, 0.3) is 0 Å². The minimum atomic E-state index is -1.04. The van der Waals surface area contributed by atoms with E-state index in [0.717, 1.165) is 12.6 Å². The highest BCUT2D eigenvalue weighted by Crippen LogP contribution is 2.40. The molecule has 0 aliphatic rings. The molecule has 0 saturated heterocycles. The lowest BCUT2D eigenvalue weighted by molar-refractivity contribution is -0.138. The predicted octanol–water partition coefficient (Wildman–Crippen LogP) is 2.45. The Kier molecular flexibility index (Phi) is 7.44. The van der Waals surface area contributed by atoms with Crippen molar-refractivity contribution >= 4 is 14.3 Å². The standard InChI is InChI=1S/C9H17O4P/c1-5-7-14(12-6-2)13-8(3)9(10)11-4/h3,5-7H2,1-2,4H3. The number of carbonyl (C=O) groups excluding carboxylic acids is 1. The summed E-state index contributed by atoms with van der Waals surface area (Å²) in [6.07, 6.45) is 1.74. The number of rotatable bonds is 7. The molecule has 0 aromatic heterocycles. The van der Waals surface area contributed by atoms with Gasteiger partial charge in [-0.05, 0) is 19.9 Å². The maximum Gasteiger partial charge on any atom is 0.373 e. The molecule has 0 aliphatic carbocycles. The van der Waals surface area contributed by atoms with Gasteiger partial charge in [0.05, 0.1) is 13.7 Å². The molecule has 5 heteroatoms. The molecule has 0 spiro atoms. The molecule has 0 aromatic carbocycles. The summed E-state index contributed by atoms with van der Waals surface area (Å²) < 4.78 is 15.0. The number of hydrogen-bond donors (Lipinski definition) is 0. The van der Waals surface area contributed by atoms with Crippen molar-refractivity contribution in [2.45, 2.75) is 20.3 Å². The van der Waals surface area contributed by atoms with Crippen LogP contribution >= 0.6 is 8.38 Å². The summed E-state index contributed by atoms with van der Waals surface area (Å²) in [6, 6.07) is 0. The largest absolute Gasteiger partial charge is 0.463 e. The fourth-order valence-corrected chi connectivity index (χ4v) is 1.98. The average molecular weight is 220 g/mol. The summed E-state index contributed by atoms with van der Waals surface area (Å²) in [5.41, 5.74) is 0. The SMILES string of the molecule is C=C(OP(CCC)OCC)C(=O)OC. The van der Waals surface area contributed by atoms with Crippen molar-refractivity contribution in [1.82, 2.24) is 0 Å². The number of hydrogen-bond acceptors (Lipinski definition) is 4. The van der Waals surface area contributed by atoms with Crippen LogP contribution < -0.4 is 0 Å². The van der Waals surface area contributed by atoms with Gasteiger partial charge < -0.3 is 13.8 Å². The summed E-state index contributed by atoms with van der Waals surface area (Å²) in [5, 5.41) is 0. The first-order valence-electron chi connectivity index (χ1n) is 4.51. The van der Waals surface area contributed by atoms with Crippen molar-refractivity contribution in [1.29, 1.82) is 0 Å². The van der Waals surface area contributed by atoms with Gasteiger partial charge in [-0.1, -0.05) is 6.92 Å². The molecule has 1 unspecified atom stereocenters. The Morgan fingerprint density at radius 2 is 2.07 bits per heavy atom. The van der Waals surface area contributed by atoms with Crippen molar-refractivity contribution in [3.8, 4) is 0 Å². The minimum absolute atomic E-state index is 0.0144. The lowest BCUT2D eigenvalue weighted by atomic mass is 10.6. The summed E-state index contributed by atoms with van der Waals surface area (Å²) in [6.45, 7) is 7.95. The van der Waals surface area contributed by atoms with E-state index in [1.807, 2.05) is 13.8 Å². The highest BCUT2D eigenvalue weighted by Gasteiger charge is 2.16. The Hall–Kier alpha value is -0.600. The van der Waals surface area contributed by atoms with E-state index >= 15 is 0 Å². The highest BCUT2D eigenvalue weighted by molar-refractivity contribution is 7.47. The molecular formula is C9H17O4P. The summed E-state index contributed by atoms with van der Waals surface area (Å²) in [5.74, 6) is -0.534. The molecule has 0 amide bonds. The molecule has 0 bridgehead atoms. The van der Waals surface area contributed by atoms with E-state index in [-0.39, 0.29) is 5.76 Å². The Labute approximate surface area is 86.1 Å². The smallest absolute Gasteiger partial charge is 0.373 e. The molecule has 0 rings (SSSR count). The molecule has 1 atom stereocenters. The van der Waals surface area contributed by atoms with Crippen LogP contribution in [0.15, 0.2) is 12.3 Å². The molecule has 0 N–H and O–H groups in total. The molecule has 82 valence electrons. The van der Waals surface area contributed by atoms with Crippen LogP contribution in [0.5, 0.6) is 0 Å². The molecule has 14 heavy (non-hydrogen) atoms. The Morgan fingerprint density at radius 1 is 1.43 bits per heavy atom. The second-order valence-corrected chi connectivity index (χ2v) is 4.03. The van der Waals surface area contributed by atoms with Gasteiger partial charge in [0, 0.05) is 6.16 Å². The van der Waals surface area contributed by atoms with Gasteiger partial charge in [-0.25, -0.2) is 4.79 Å². The lowest BCUT2D eigenvalue weighted by Gasteiger charge is -2.16. The Bertz CT molecular complexity index is 187. The van der Waals surface area contributed by atoms with Crippen LogP contribution in [0.3, 0.4) is 0 Å². The molecular weight excluding hydrogens is 203 g/mol. The normalized spacial score (nSPS) is 11.9. The molecule has 0 radical (unpaired) electrons. The van der Waals surface area contributed by atoms with Crippen LogP contribution in [0.4, 0.5) is 0 Å². The van der Waals surface area contributed by atoms with Crippen LogP contribution in [-0.2, 0) is 18.6 Å². The minimum Gasteiger partial charge on any atom is -0.463 e. The van der Waals surface area contributed by atoms with Gasteiger partial charge in [-0.2, -0.15) is 0 Å². The molecule has 4 nitrogen and oxygen atoms in total. The lowest BCUT2D eigenvalue weighted by Crippen LogP contribution is -2.06. The van der Waals surface area contributed by atoms with Crippen molar-refractivity contribution in [2.24, 2.45) is 0 Å². The third kappa shape index (κ3) is 5.20. The molecule has 0 fully saturated rings. The first-order valence-corrected chi connectivity index (χ1v) is 5.87. The van der Waals surface area contributed by atoms with Crippen LogP contribution in [0, 0.1) is 0 Å². The first kappa shape index (κ1) is 13.4. The number of esters is 1. The van der Waals surface area contributed by atoms with Crippen molar-refractivity contribution in [3.63, 3.8) is 0 Å². The molecule has 0 aromatic rings. The van der Waals surface area contributed by atoms with Gasteiger partial charge in [0.25, 0.3) is 0 Å². The topological polar surface area (TPSA) is 44.8 Å². The van der Waals surface area contributed by atoms with Gasteiger partial charge in [-0.3, -0.25) is 0 Å². The van der Waals surface area contributed by atoms with Gasteiger partial charge in [-0.15, -0.1) is 0 Å². The van der Waals surface area contributed by atoms with Gasteiger partial charge in [0.15, 0.2) is 0 Å². The van der Waals surface area contributed by atoms with Crippen molar-refractivity contribution in [2.75, 3.05) is 19.9 Å². The number of methoxy groups -OCH3 is 1. The third-order valence-electron chi connectivity index (χ3n) is 1.30. The van der Waals surface area contributed by atoms with E-state index in [9.17, 15) is 4.79 Å². The summed E-state index contributed by atoms with van der Waals surface area (Å²) in [7, 11) is 0.253. The zero-order valence-electron chi connectivity index (χ0n) is 8.91. The predicted molar refractivity (Wildman–Crippen MR) is 55.9 cm³/mol. The van der Waals surface area contributed by atoms with Gasteiger partial charge in [0.1, 0.15) is 0 Å².